The van der Waals surface area contributed by atoms with Gasteiger partial charge in [0.25, 0.3) is 5.91 Å². The molecule has 1 fully saturated rings. The minimum atomic E-state index is 0.0841. The van der Waals surface area contributed by atoms with Crippen molar-refractivity contribution in [2.24, 2.45) is 0 Å². The molecule has 1 N–H and O–H groups in total. The third kappa shape index (κ3) is 3.53. The van der Waals surface area contributed by atoms with Crippen LogP contribution in [0.3, 0.4) is 0 Å². The first-order chi connectivity index (χ1) is 11.6. The van der Waals surface area contributed by atoms with E-state index in [0.717, 1.165) is 52.9 Å². The average Bonchev–Trinajstić information content (AvgIpc) is 2.98. The smallest absolute Gasteiger partial charge is 0.265 e. The molecule has 0 aliphatic carbocycles. The van der Waals surface area contributed by atoms with Gasteiger partial charge >= 0.3 is 0 Å². The number of piperidine rings is 1. The summed E-state index contributed by atoms with van der Waals surface area (Å²) in [5.74, 6) is 1.03. The van der Waals surface area contributed by atoms with Gasteiger partial charge in [-0.1, -0.05) is 29.5 Å². The average molecular weight is 345 g/mol. The zero-order valence-corrected chi connectivity index (χ0v) is 15.2. The molecule has 1 aromatic heterocycles. The number of aromatic nitrogens is 1. The van der Waals surface area contributed by atoms with Crippen molar-refractivity contribution in [1.82, 2.24) is 9.88 Å². The van der Waals surface area contributed by atoms with Crippen molar-refractivity contribution >= 4 is 22.4 Å². The molecule has 128 valence electrons. The molecule has 1 amide bonds. The number of hydrogen-bond acceptors (Lipinski definition) is 5. The van der Waals surface area contributed by atoms with Crippen LogP contribution in [0.2, 0.25) is 0 Å². The number of anilines is 1. The van der Waals surface area contributed by atoms with E-state index in [0.29, 0.717) is 0 Å². The summed E-state index contributed by atoms with van der Waals surface area (Å²) < 4.78 is 6.11. The molecule has 0 spiro atoms. The maximum Gasteiger partial charge on any atom is 0.265 e. The van der Waals surface area contributed by atoms with Crippen LogP contribution in [0.1, 0.15) is 33.8 Å². The number of nitrogens with one attached hydrogen (secondary N) is 1. The van der Waals surface area contributed by atoms with Crippen LogP contribution in [0.15, 0.2) is 24.3 Å². The standard InChI is InChI=1S/C18H23N3O2S/c1-12-6-4-5-7-15(12)23-14-8-10-21(11-9-14)17(22)16-13(2)20-18(19-3)24-16/h4-7,14H,8-11H2,1-3H3,(H,19,20). The number of benzene rings is 1. The zero-order chi connectivity index (χ0) is 17.1. The number of likely N-dealkylation sites (tertiary alicyclic amines) is 1. The minimum Gasteiger partial charge on any atom is -0.490 e. The van der Waals surface area contributed by atoms with Crippen molar-refractivity contribution in [2.45, 2.75) is 32.8 Å². The molecule has 6 heteroatoms. The molecule has 0 bridgehead atoms. The Hall–Kier alpha value is -2.08. The molecular formula is C18H23N3O2S. The second kappa shape index (κ2) is 7.21. The van der Waals surface area contributed by atoms with E-state index >= 15 is 0 Å². The number of aryl methyl sites for hydroxylation is 2. The van der Waals surface area contributed by atoms with Gasteiger partial charge in [-0.05, 0) is 25.5 Å². The van der Waals surface area contributed by atoms with Crippen LogP contribution in [0, 0.1) is 13.8 Å². The van der Waals surface area contributed by atoms with Gasteiger partial charge in [0.2, 0.25) is 0 Å². The van der Waals surface area contributed by atoms with Crippen LogP contribution in [0.4, 0.5) is 5.13 Å². The van der Waals surface area contributed by atoms with Crippen LogP contribution in [0.5, 0.6) is 5.75 Å². The number of hydrogen-bond donors (Lipinski definition) is 1. The normalized spacial score (nSPS) is 15.4. The lowest BCUT2D eigenvalue weighted by molar-refractivity contribution is 0.0598. The van der Waals surface area contributed by atoms with Crippen molar-refractivity contribution in [3.8, 4) is 5.75 Å². The maximum atomic E-state index is 12.7. The number of carbonyl (C=O) groups excluding carboxylic acids is 1. The summed E-state index contributed by atoms with van der Waals surface area (Å²) in [6, 6.07) is 8.07. The van der Waals surface area contributed by atoms with Gasteiger partial charge in [-0.3, -0.25) is 4.79 Å². The molecule has 0 radical (unpaired) electrons. The minimum absolute atomic E-state index is 0.0841. The molecule has 3 rings (SSSR count). The summed E-state index contributed by atoms with van der Waals surface area (Å²) in [7, 11) is 1.82. The number of amides is 1. The maximum absolute atomic E-state index is 12.7. The van der Waals surface area contributed by atoms with Gasteiger partial charge in [-0.2, -0.15) is 0 Å². The Morgan fingerprint density at radius 2 is 2.00 bits per heavy atom. The van der Waals surface area contributed by atoms with E-state index in [1.165, 1.54) is 11.3 Å². The summed E-state index contributed by atoms with van der Waals surface area (Å²) in [6.07, 6.45) is 1.89. The largest absolute Gasteiger partial charge is 0.490 e. The van der Waals surface area contributed by atoms with E-state index < -0.39 is 0 Å². The Balaban J connectivity index is 1.59. The summed E-state index contributed by atoms with van der Waals surface area (Å²) >= 11 is 1.42. The molecule has 0 unspecified atom stereocenters. The first kappa shape index (κ1) is 16.8. The number of ether oxygens (including phenoxy) is 1. The van der Waals surface area contributed by atoms with Crippen LogP contribution in [-0.4, -0.2) is 42.0 Å². The third-order valence-corrected chi connectivity index (χ3v) is 5.48. The highest BCUT2D eigenvalue weighted by molar-refractivity contribution is 7.17. The van der Waals surface area contributed by atoms with Crippen LogP contribution >= 0.6 is 11.3 Å². The molecule has 1 aliphatic rings. The molecule has 2 aromatic rings. The van der Waals surface area contributed by atoms with Crippen molar-refractivity contribution < 1.29 is 9.53 Å². The Morgan fingerprint density at radius 3 is 2.62 bits per heavy atom. The quantitative estimate of drug-likeness (QED) is 0.922. The lowest BCUT2D eigenvalue weighted by Crippen LogP contribution is -2.41. The highest BCUT2D eigenvalue weighted by Crippen LogP contribution is 2.26. The molecule has 1 aromatic carbocycles. The number of rotatable bonds is 4. The van der Waals surface area contributed by atoms with E-state index in [-0.39, 0.29) is 12.0 Å². The Kier molecular flexibility index (Phi) is 5.04. The molecular weight excluding hydrogens is 322 g/mol. The number of thiazole rings is 1. The van der Waals surface area contributed by atoms with Crippen LogP contribution < -0.4 is 10.1 Å². The van der Waals surface area contributed by atoms with Crippen molar-refractivity contribution in [3.63, 3.8) is 0 Å². The first-order valence-corrected chi connectivity index (χ1v) is 9.07. The fraction of sp³-hybridized carbons (Fsp3) is 0.444. The third-order valence-electron chi connectivity index (χ3n) is 4.32. The van der Waals surface area contributed by atoms with E-state index in [1.54, 1.807) is 0 Å². The topological polar surface area (TPSA) is 54.5 Å². The van der Waals surface area contributed by atoms with Crippen LogP contribution in [-0.2, 0) is 0 Å². The summed E-state index contributed by atoms with van der Waals surface area (Å²) in [5.41, 5.74) is 1.95. The van der Waals surface area contributed by atoms with Gasteiger partial charge in [-0.25, -0.2) is 4.98 Å². The van der Waals surface area contributed by atoms with Gasteiger partial charge < -0.3 is 15.0 Å². The summed E-state index contributed by atoms with van der Waals surface area (Å²) in [6.45, 7) is 5.39. The van der Waals surface area contributed by atoms with Gasteiger partial charge in [0.15, 0.2) is 5.13 Å². The fourth-order valence-electron chi connectivity index (χ4n) is 2.89. The van der Waals surface area contributed by atoms with Gasteiger partial charge in [0.1, 0.15) is 16.7 Å². The molecule has 1 aliphatic heterocycles. The summed E-state index contributed by atoms with van der Waals surface area (Å²) in [5, 5.41) is 3.79. The Labute approximate surface area is 146 Å². The van der Waals surface area contributed by atoms with Crippen molar-refractivity contribution in [3.05, 3.63) is 40.4 Å². The van der Waals surface area contributed by atoms with Gasteiger partial charge in [0, 0.05) is 33.0 Å². The van der Waals surface area contributed by atoms with Crippen molar-refractivity contribution in [2.75, 3.05) is 25.5 Å². The highest BCUT2D eigenvalue weighted by atomic mass is 32.1. The van der Waals surface area contributed by atoms with Gasteiger partial charge in [-0.15, -0.1) is 0 Å². The molecule has 2 heterocycles. The van der Waals surface area contributed by atoms with Gasteiger partial charge in [0.05, 0.1) is 5.69 Å². The zero-order valence-electron chi connectivity index (χ0n) is 14.3. The second-order valence-corrected chi connectivity index (χ2v) is 7.06. The lowest BCUT2D eigenvalue weighted by Gasteiger charge is -2.32. The fourth-order valence-corrected chi connectivity index (χ4v) is 3.78. The molecule has 1 saturated heterocycles. The number of carbonyl (C=O) groups is 1. The molecule has 5 nitrogen and oxygen atoms in total. The Bertz CT molecular complexity index is 721. The summed E-state index contributed by atoms with van der Waals surface area (Å²) in [4.78, 5) is 19.7. The lowest BCUT2D eigenvalue weighted by atomic mass is 10.1. The van der Waals surface area contributed by atoms with E-state index in [4.69, 9.17) is 4.74 Å². The number of para-hydroxylation sites is 1. The number of nitrogens with zero attached hydrogens (tertiary/aromatic N) is 2. The molecule has 0 atom stereocenters. The SMILES string of the molecule is CNc1nc(C)c(C(=O)N2CCC(Oc3ccccc3C)CC2)s1. The van der Waals surface area contributed by atoms with E-state index in [2.05, 4.69) is 23.3 Å². The Morgan fingerprint density at radius 1 is 1.29 bits per heavy atom. The molecule has 0 saturated carbocycles. The van der Waals surface area contributed by atoms with E-state index in [9.17, 15) is 4.79 Å². The highest BCUT2D eigenvalue weighted by Gasteiger charge is 2.27. The van der Waals surface area contributed by atoms with Crippen LogP contribution in [0.25, 0.3) is 0 Å². The second-order valence-electron chi connectivity index (χ2n) is 6.06. The predicted octanol–water partition coefficient (Wildman–Crippen LogP) is 3.49. The van der Waals surface area contributed by atoms with Crippen molar-refractivity contribution in [1.29, 1.82) is 0 Å². The monoisotopic (exact) mass is 345 g/mol. The molecule has 24 heavy (non-hydrogen) atoms. The predicted molar refractivity (Wildman–Crippen MR) is 97.1 cm³/mol. The first-order valence-electron chi connectivity index (χ1n) is 8.25. The van der Waals surface area contributed by atoms with E-state index in [1.807, 2.05) is 37.1 Å².